The number of nitrogens with zero attached hydrogens (tertiary/aromatic N) is 5. The fourth-order valence-electron chi connectivity index (χ4n) is 3.11. The van der Waals surface area contributed by atoms with Crippen LogP contribution in [0.3, 0.4) is 0 Å². The molecule has 1 aromatic heterocycles. The van der Waals surface area contributed by atoms with E-state index in [1.165, 1.54) is 0 Å². The summed E-state index contributed by atoms with van der Waals surface area (Å²) in [7, 11) is 4.17. The van der Waals surface area contributed by atoms with Gasteiger partial charge in [0.2, 0.25) is 0 Å². The minimum absolute atomic E-state index is 0.0435. The van der Waals surface area contributed by atoms with Crippen molar-refractivity contribution in [2.24, 2.45) is 0 Å². The van der Waals surface area contributed by atoms with Crippen LogP contribution in [0.2, 0.25) is 5.02 Å². The first-order valence-electron chi connectivity index (χ1n) is 8.11. The summed E-state index contributed by atoms with van der Waals surface area (Å²) in [6, 6.07) is 7.90. The Morgan fingerprint density at radius 1 is 1.29 bits per heavy atom. The molecule has 7 heteroatoms. The van der Waals surface area contributed by atoms with Crippen molar-refractivity contribution in [3.05, 3.63) is 40.7 Å². The van der Waals surface area contributed by atoms with E-state index >= 15 is 0 Å². The van der Waals surface area contributed by atoms with Gasteiger partial charge in [-0.25, -0.2) is 4.68 Å². The lowest BCUT2D eigenvalue weighted by Crippen LogP contribution is -2.44. The third-order valence-electron chi connectivity index (χ3n) is 4.63. The number of carbonyl (C=O) groups excluding carboxylic acids is 1. The van der Waals surface area contributed by atoms with Gasteiger partial charge in [-0.3, -0.25) is 4.79 Å². The van der Waals surface area contributed by atoms with E-state index in [0.717, 1.165) is 37.3 Å². The van der Waals surface area contributed by atoms with Crippen LogP contribution in [0, 0.1) is 6.92 Å². The lowest BCUT2D eigenvalue weighted by molar-refractivity contribution is 0.0656. The smallest absolute Gasteiger partial charge is 0.276 e. The first-order valence-corrected chi connectivity index (χ1v) is 8.49. The van der Waals surface area contributed by atoms with E-state index in [2.05, 4.69) is 29.3 Å². The zero-order chi connectivity index (χ0) is 17.3. The van der Waals surface area contributed by atoms with Crippen LogP contribution >= 0.6 is 11.6 Å². The zero-order valence-electron chi connectivity index (χ0n) is 14.2. The van der Waals surface area contributed by atoms with Crippen molar-refractivity contribution in [2.75, 3.05) is 27.2 Å². The highest BCUT2D eigenvalue weighted by Crippen LogP contribution is 2.20. The highest BCUT2D eigenvalue weighted by atomic mass is 35.5. The highest BCUT2D eigenvalue weighted by molar-refractivity contribution is 6.30. The highest BCUT2D eigenvalue weighted by Gasteiger charge is 2.28. The molecule has 0 radical (unpaired) electrons. The van der Waals surface area contributed by atoms with Crippen LogP contribution in [0.4, 0.5) is 0 Å². The quantitative estimate of drug-likeness (QED) is 0.855. The van der Waals surface area contributed by atoms with Crippen molar-refractivity contribution in [3.63, 3.8) is 0 Å². The van der Waals surface area contributed by atoms with Gasteiger partial charge in [0.05, 0.1) is 11.4 Å². The molecule has 1 aromatic carbocycles. The maximum absolute atomic E-state index is 12.8. The monoisotopic (exact) mass is 347 g/mol. The molecule has 0 saturated carbocycles. The van der Waals surface area contributed by atoms with Gasteiger partial charge in [-0.15, -0.1) is 5.10 Å². The molecule has 0 atom stereocenters. The van der Waals surface area contributed by atoms with Gasteiger partial charge < -0.3 is 9.80 Å². The maximum Gasteiger partial charge on any atom is 0.276 e. The standard InChI is InChI=1S/C17H22ClN5O/c1-12-16(17(24)22-9-7-14(8-10-22)21(2)3)19-20-23(12)15-6-4-5-13(18)11-15/h4-6,11,14H,7-10H2,1-3H3. The van der Waals surface area contributed by atoms with Crippen molar-refractivity contribution in [1.29, 1.82) is 0 Å². The molecule has 1 aliphatic rings. The van der Waals surface area contributed by atoms with E-state index < -0.39 is 0 Å². The number of amides is 1. The summed E-state index contributed by atoms with van der Waals surface area (Å²) in [6.07, 6.45) is 1.97. The molecule has 6 nitrogen and oxygen atoms in total. The van der Waals surface area contributed by atoms with Crippen molar-refractivity contribution in [3.8, 4) is 5.69 Å². The Labute approximate surface area is 147 Å². The fourth-order valence-corrected chi connectivity index (χ4v) is 3.30. The van der Waals surface area contributed by atoms with E-state index in [4.69, 9.17) is 11.6 Å². The van der Waals surface area contributed by atoms with Crippen molar-refractivity contribution in [2.45, 2.75) is 25.8 Å². The van der Waals surface area contributed by atoms with Crippen LogP contribution in [-0.2, 0) is 0 Å². The van der Waals surface area contributed by atoms with Crippen LogP contribution in [0.1, 0.15) is 29.0 Å². The molecular weight excluding hydrogens is 326 g/mol. The first kappa shape index (κ1) is 16.9. The van der Waals surface area contributed by atoms with Gasteiger partial charge in [-0.2, -0.15) is 0 Å². The largest absolute Gasteiger partial charge is 0.337 e. The average Bonchev–Trinajstić information content (AvgIpc) is 2.96. The molecule has 1 saturated heterocycles. The molecule has 24 heavy (non-hydrogen) atoms. The van der Waals surface area contributed by atoms with Crippen LogP contribution in [0.5, 0.6) is 0 Å². The summed E-state index contributed by atoms with van der Waals surface area (Å²) >= 11 is 6.04. The molecule has 1 amide bonds. The third-order valence-corrected chi connectivity index (χ3v) is 4.87. The first-order chi connectivity index (χ1) is 11.5. The van der Waals surface area contributed by atoms with Gasteiger partial charge >= 0.3 is 0 Å². The van der Waals surface area contributed by atoms with Crippen LogP contribution in [-0.4, -0.2) is 63.9 Å². The van der Waals surface area contributed by atoms with Gasteiger partial charge in [-0.05, 0) is 52.1 Å². The van der Waals surface area contributed by atoms with E-state index in [1.807, 2.05) is 24.0 Å². The van der Waals surface area contributed by atoms with E-state index in [1.54, 1.807) is 16.8 Å². The second-order valence-corrected chi connectivity index (χ2v) is 6.84. The predicted molar refractivity (Wildman–Crippen MR) is 93.7 cm³/mol. The Morgan fingerprint density at radius 2 is 2.00 bits per heavy atom. The van der Waals surface area contributed by atoms with E-state index in [0.29, 0.717) is 16.8 Å². The number of benzene rings is 1. The number of likely N-dealkylation sites (tertiary alicyclic amines) is 1. The molecule has 0 N–H and O–H groups in total. The number of piperidine rings is 1. The summed E-state index contributed by atoms with van der Waals surface area (Å²) in [5, 5.41) is 8.88. The summed E-state index contributed by atoms with van der Waals surface area (Å²) in [4.78, 5) is 16.9. The van der Waals surface area contributed by atoms with Crippen LogP contribution < -0.4 is 0 Å². The third kappa shape index (κ3) is 3.30. The Morgan fingerprint density at radius 3 is 2.62 bits per heavy atom. The summed E-state index contributed by atoms with van der Waals surface area (Å²) in [5.41, 5.74) is 1.95. The maximum atomic E-state index is 12.8. The number of halogens is 1. The van der Waals surface area contributed by atoms with Gasteiger partial charge in [0.25, 0.3) is 5.91 Å². The lowest BCUT2D eigenvalue weighted by Gasteiger charge is -2.34. The number of hydrogen-bond acceptors (Lipinski definition) is 4. The number of carbonyl (C=O) groups is 1. The molecule has 0 aliphatic carbocycles. The van der Waals surface area contributed by atoms with Crippen LogP contribution in [0.25, 0.3) is 5.69 Å². The average molecular weight is 348 g/mol. The Bertz CT molecular complexity index is 734. The molecule has 2 aromatic rings. The van der Waals surface area contributed by atoms with Crippen molar-refractivity contribution in [1.82, 2.24) is 24.8 Å². The minimum atomic E-state index is -0.0435. The number of rotatable bonds is 3. The lowest BCUT2D eigenvalue weighted by atomic mass is 10.0. The predicted octanol–water partition coefficient (Wildman–Crippen LogP) is 2.40. The van der Waals surface area contributed by atoms with Crippen molar-refractivity contribution >= 4 is 17.5 Å². The molecule has 0 spiro atoms. The molecule has 3 rings (SSSR count). The van der Waals surface area contributed by atoms with Gasteiger partial charge in [0, 0.05) is 24.2 Å². The molecule has 0 bridgehead atoms. The summed E-state index contributed by atoms with van der Waals surface area (Å²) in [6.45, 7) is 3.37. The molecular formula is C17H22ClN5O. The topological polar surface area (TPSA) is 54.3 Å². The number of hydrogen-bond donors (Lipinski definition) is 0. The Balaban J connectivity index is 1.78. The van der Waals surface area contributed by atoms with Gasteiger partial charge in [-0.1, -0.05) is 22.9 Å². The minimum Gasteiger partial charge on any atom is -0.337 e. The molecule has 0 unspecified atom stereocenters. The molecule has 1 aliphatic heterocycles. The SMILES string of the molecule is Cc1c(C(=O)N2CCC(N(C)C)CC2)nnn1-c1cccc(Cl)c1. The van der Waals surface area contributed by atoms with Gasteiger partial charge in [0.1, 0.15) is 0 Å². The summed E-state index contributed by atoms with van der Waals surface area (Å²) in [5.74, 6) is -0.0435. The zero-order valence-corrected chi connectivity index (χ0v) is 15.0. The van der Waals surface area contributed by atoms with E-state index in [9.17, 15) is 4.79 Å². The Hall–Kier alpha value is -1.92. The Kier molecular flexibility index (Phi) is 4.87. The molecule has 2 heterocycles. The molecule has 1 fully saturated rings. The second-order valence-electron chi connectivity index (χ2n) is 6.40. The summed E-state index contributed by atoms with van der Waals surface area (Å²) < 4.78 is 1.66. The van der Waals surface area contributed by atoms with Crippen molar-refractivity contribution < 1.29 is 4.79 Å². The van der Waals surface area contributed by atoms with Crippen LogP contribution in [0.15, 0.2) is 24.3 Å². The van der Waals surface area contributed by atoms with E-state index in [-0.39, 0.29) is 5.91 Å². The normalized spacial score (nSPS) is 16.0. The van der Waals surface area contributed by atoms with Gasteiger partial charge in [0.15, 0.2) is 5.69 Å². The second kappa shape index (κ2) is 6.91. The number of aromatic nitrogens is 3. The molecule has 128 valence electrons. The fraction of sp³-hybridized carbons (Fsp3) is 0.471.